The molecule has 0 aliphatic carbocycles. The quantitative estimate of drug-likeness (QED) is 0.751. The molecular weight excluding hydrogens is 188 g/mol. The summed E-state index contributed by atoms with van der Waals surface area (Å²) in [5, 5.41) is 0. The molecule has 80 valence electrons. The van der Waals surface area contributed by atoms with E-state index in [4.69, 9.17) is 9.47 Å². The Morgan fingerprint density at radius 2 is 1.67 bits per heavy atom. The molecule has 0 N–H and O–H groups in total. The fourth-order valence-electron chi connectivity index (χ4n) is 1.88. The molecule has 15 heavy (non-hydrogen) atoms. The maximum atomic E-state index is 5.63. The molecule has 2 heteroatoms. The molecule has 0 spiro atoms. The van der Waals surface area contributed by atoms with Gasteiger partial charge in [-0.1, -0.05) is 44.2 Å². The molecule has 1 aromatic carbocycles. The van der Waals surface area contributed by atoms with Crippen LogP contribution in [-0.2, 0) is 15.3 Å². The lowest BCUT2D eigenvalue weighted by atomic mass is 9.96. The minimum Gasteiger partial charge on any atom is -0.453 e. The Morgan fingerprint density at radius 3 is 2.20 bits per heavy atom. The van der Waals surface area contributed by atoms with Crippen molar-refractivity contribution in [3.05, 3.63) is 48.4 Å². The van der Waals surface area contributed by atoms with Crippen LogP contribution in [0.1, 0.15) is 25.8 Å². The van der Waals surface area contributed by atoms with Crippen LogP contribution in [0.25, 0.3) is 0 Å². The highest BCUT2D eigenvalue weighted by Crippen LogP contribution is 2.37. The average Bonchev–Trinajstić information content (AvgIpc) is 2.68. The Balaban J connectivity index is 2.27. The first-order valence-electron chi connectivity index (χ1n) is 5.29. The summed E-state index contributed by atoms with van der Waals surface area (Å²) in [6.07, 6.45) is 4.09. The molecule has 1 aliphatic heterocycles. The van der Waals surface area contributed by atoms with E-state index in [9.17, 15) is 0 Å². The van der Waals surface area contributed by atoms with E-state index in [-0.39, 0.29) is 0 Å². The van der Waals surface area contributed by atoms with E-state index in [2.05, 4.69) is 13.8 Å². The standard InChI is InChI=1S/C13H16O2/c1-11(2)10-13(14-8-9-15-13)12-6-4-3-5-7-12/h3-9,11H,10H2,1-2H3. The highest BCUT2D eigenvalue weighted by molar-refractivity contribution is 5.21. The van der Waals surface area contributed by atoms with Gasteiger partial charge in [0, 0.05) is 12.0 Å². The minimum atomic E-state index is -0.602. The normalized spacial score (nSPS) is 17.5. The van der Waals surface area contributed by atoms with Crippen LogP contribution in [0.2, 0.25) is 0 Å². The van der Waals surface area contributed by atoms with E-state index >= 15 is 0 Å². The molecule has 1 aliphatic rings. The van der Waals surface area contributed by atoms with Crippen LogP contribution < -0.4 is 0 Å². The van der Waals surface area contributed by atoms with Crippen molar-refractivity contribution in [1.82, 2.24) is 0 Å². The Morgan fingerprint density at radius 1 is 1.07 bits per heavy atom. The first kappa shape index (κ1) is 10.1. The van der Waals surface area contributed by atoms with Crippen LogP contribution in [0.4, 0.5) is 0 Å². The van der Waals surface area contributed by atoms with Crippen molar-refractivity contribution in [1.29, 1.82) is 0 Å². The minimum absolute atomic E-state index is 0.519. The average molecular weight is 204 g/mol. The van der Waals surface area contributed by atoms with Gasteiger partial charge in [-0.2, -0.15) is 0 Å². The summed E-state index contributed by atoms with van der Waals surface area (Å²) in [4.78, 5) is 0. The van der Waals surface area contributed by atoms with E-state index in [0.717, 1.165) is 12.0 Å². The van der Waals surface area contributed by atoms with Crippen molar-refractivity contribution in [2.45, 2.75) is 26.1 Å². The number of benzene rings is 1. The van der Waals surface area contributed by atoms with Gasteiger partial charge in [0.1, 0.15) is 12.5 Å². The van der Waals surface area contributed by atoms with Crippen LogP contribution in [-0.4, -0.2) is 0 Å². The van der Waals surface area contributed by atoms with Crippen LogP contribution >= 0.6 is 0 Å². The van der Waals surface area contributed by atoms with Gasteiger partial charge in [0.15, 0.2) is 0 Å². The largest absolute Gasteiger partial charge is 0.453 e. The third-order valence-corrected chi connectivity index (χ3v) is 2.46. The fourth-order valence-corrected chi connectivity index (χ4v) is 1.88. The molecule has 2 nitrogen and oxygen atoms in total. The fraction of sp³-hybridized carbons (Fsp3) is 0.385. The van der Waals surface area contributed by atoms with Gasteiger partial charge in [-0.3, -0.25) is 0 Å². The third kappa shape index (κ3) is 1.99. The van der Waals surface area contributed by atoms with Crippen molar-refractivity contribution >= 4 is 0 Å². The first-order chi connectivity index (χ1) is 7.23. The summed E-state index contributed by atoms with van der Waals surface area (Å²) in [5.41, 5.74) is 1.07. The maximum Gasteiger partial charge on any atom is 0.276 e. The van der Waals surface area contributed by atoms with Gasteiger partial charge >= 0.3 is 0 Å². The SMILES string of the molecule is CC(C)CC1(c2ccccc2)OC=CO1. The Kier molecular flexibility index (Phi) is 2.67. The summed E-state index contributed by atoms with van der Waals surface area (Å²) >= 11 is 0. The summed E-state index contributed by atoms with van der Waals surface area (Å²) in [6, 6.07) is 10.1. The molecule has 1 aromatic rings. The molecule has 0 fully saturated rings. The maximum absolute atomic E-state index is 5.63. The number of ether oxygens (including phenoxy) is 2. The molecule has 2 rings (SSSR count). The summed E-state index contributed by atoms with van der Waals surface area (Å²) in [7, 11) is 0. The van der Waals surface area contributed by atoms with Gasteiger partial charge in [-0.15, -0.1) is 0 Å². The van der Waals surface area contributed by atoms with Crippen LogP contribution in [0, 0.1) is 5.92 Å². The van der Waals surface area contributed by atoms with Crippen molar-refractivity contribution in [3.63, 3.8) is 0 Å². The van der Waals surface area contributed by atoms with Gasteiger partial charge < -0.3 is 9.47 Å². The van der Waals surface area contributed by atoms with E-state index < -0.39 is 5.79 Å². The molecule has 0 atom stereocenters. The van der Waals surface area contributed by atoms with Gasteiger partial charge in [0.2, 0.25) is 0 Å². The zero-order valence-electron chi connectivity index (χ0n) is 9.14. The van der Waals surface area contributed by atoms with Crippen LogP contribution in [0.5, 0.6) is 0 Å². The zero-order valence-corrected chi connectivity index (χ0v) is 9.14. The predicted octanol–water partition coefficient (Wildman–Crippen LogP) is 3.40. The van der Waals surface area contributed by atoms with Crippen LogP contribution in [0.3, 0.4) is 0 Å². The smallest absolute Gasteiger partial charge is 0.276 e. The Labute approximate surface area is 90.5 Å². The molecule has 0 radical (unpaired) electrons. The second-order valence-electron chi connectivity index (χ2n) is 4.22. The Bertz CT molecular complexity index is 333. The third-order valence-electron chi connectivity index (χ3n) is 2.46. The molecule has 1 heterocycles. The summed E-state index contributed by atoms with van der Waals surface area (Å²) in [6.45, 7) is 4.32. The zero-order chi connectivity index (χ0) is 10.7. The summed E-state index contributed by atoms with van der Waals surface area (Å²) in [5.74, 6) is -0.0831. The number of hydrogen-bond acceptors (Lipinski definition) is 2. The van der Waals surface area contributed by atoms with Crippen molar-refractivity contribution in [3.8, 4) is 0 Å². The summed E-state index contributed by atoms with van der Waals surface area (Å²) < 4.78 is 11.3. The van der Waals surface area contributed by atoms with Crippen molar-refractivity contribution in [2.24, 2.45) is 5.92 Å². The Hall–Kier alpha value is -1.44. The first-order valence-corrected chi connectivity index (χ1v) is 5.29. The van der Waals surface area contributed by atoms with Gasteiger partial charge in [0.25, 0.3) is 5.79 Å². The van der Waals surface area contributed by atoms with E-state index in [0.29, 0.717) is 5.92 Å². The van der Waals surface area contributed by atoms with Gasteiger partial charge in [0.05, 0.1) is 0 Å². The van der Waals surface area contributed by atoms with E-state index in [1.54, 1.807) is 12.5 Å². The lowest BCUT2D eigenvalue weighted by Gasteiger charge is -2.29. The number of hydrogen-bond donors (Lipinski definition) is 0. The van der Waals surface area contributed by atoms with Crippen molar-refractivity contribution in [2.75, 3.05) is 0 Å². The highest BCUT2D eigenvalue weighted by Gasteiger charge is 2.38. The number of rotatable bonds is 3. The molecule has 0 aromatic heterocycles. The van der Waals surface area contributed by atoms with Gasteiger partial charge in [-0.25, -0.2) is 0 Å². The molecule has 0 unspecified atom stereocenters. The predicted molar refractivity (Wildman–Crippen MR) is 58.9 cm³/mol. The lowest BCUT2D eigenvalue weighted by Crippen LogP contribution is -2.28. The molecule has 0 saturated carbocycles. The molecule has 0 bridgehead atoms. The van der Waals surface area contributed by atoms with Crippen molar-refractivity contribution < 1.29 is 9.47 Å². The monoisotopic (exact) mass is 204 g/mol. The van der Waals surface area contributed by atoms with E-state index in [1.165, 1.54) is 0 Å². The molecular formula is C13H16O2. The van der Waals surface area contributed by atoms with Gasteiger partial charge in [-0.05, 0) is 5.92 Å². The second kappa shape index (κ2) is 3.97. The molecule has 0 saturated heterocycles. The second-order valence-corrected chi connectivity index (χ2v) is 4.22. The lowest BCUT2D eigenvalue weighted by molar-refractivity contribution is -0.161. The highest BCUT2D eigenvalue weighted by atomic mass is 16.7. The van der Waals surface area contributed by atoms with Crippen LogP contribution in [0.15, 0.2) is 42.9 Å². The topological polar surface area (TPSA) is 18.5 Å². The van der Waals surface area contributed by atoms with E-state index in [1.807, 2.05) is 30.3 Å². The molecule has 0 amide bonds.